The Morgan fingerprint density at radius 2 is 1.67 bits per heavy atom. The van der Waals surface area contributed by atoms with Crippen LogP contribution in [0.2, 0.25) is 0 Å². The van der Waals surface area contributed by atoms with Crippen molar-refractivity contribution in [3.63, 3.8) is 0 Å². The number of halogens is 2. The van der Waals surface area contributed by atoms with Gasteiger partial charge in [-0.2, -0.15) is 0 Å². The second-order valence-electron chi connectivity index (χ2n) is 9.55. The summed E-state index contributed by atoms with van der Waals surface area (Å²) in [5, 5.41) is 10.8. The molecule has 2 unspecified atom stereocenters. The summed E-state index contributed by atoms with van der Waals surface area (Å²) in [6, 6.07) is 8.00. The molecule has 0 radical (unpaired) electrons. The summed E-state index contributed by atoms with van der Waals surface area (Å²) >= 11 is 7.08. The van der Waals surface area contributed by atoms with Crippen LogP contribution in [0.1, 0.15) is 62.8 Å². The Kier molecular flexibility index (Phi) is 10.5. The number of Topliss-reactive ketones (excluding diaryl/α,β-unsaturated/α-hetero) is 1. The number of allylic oxidation sites excluding steroid dienone is 3. The third kappa shape index (κ3) is 5.95. The van der Waals surface area contributed by atoms with Crippen molar-refractivity contribution in [1.29, 1.82) is 0 Å². The smallest absolute Gasteiger partial charge is 0.744 e. The third-order valence-electron chi connectivity index (χ3n) is 6.52. The van der Waals surface area contributed by atoms with Crippen molar-refractivity contribution in [2.45, 2.75) is 57.2 Å². The van der Waals surface area contributed by atoms with Gasteiger partial charge in [0.1, 0.15) is 15.9 Å². The number of rotatable bonds is 5. The molecule has 0 amide bonds. The van der Waals surface area contributed by atoms with Crippen molar-refractivity contribution in [2.24, 2.45) is 11.8 Å². The zero-order valence-electron chi connectivity index (χ0n) is 21.5. The van der Waals surface area contributed by atoms with Gasteiger partial charge in [-0.3, -0.25) is 4.79 Å². The number of aromatic hydroxyl groups is 1. The summed E-state index contributed by atoms with van der Waals surface area (Å²) in [5.41, 5.74) is 4.27. The molecule has 2 atom stereocenters. The first kappa shape index (κ1) is 31.5. The second-order valence-corrected chi connectivity index (χ2v) is 12.7. The molecule has 0 spiro atoms. The Morgan fingerprint density at radius 1 is 1.08 bits per heavy atom. The first-order chi connectivity index (χ1) is 16.2. The van der Waals surface area contributed by atoms with Crippen LogP contribution in [0, 0.1) is 18.8 Å². The first-order valence-corrected chi connectivity index (χ1v) is 14.5. The van der Waals surface area contributed by atoms with Gasteiger partial charge in [0.25, 0.3) is 0 Å². The molecule has 2 aromatic rings. The van der Waals surface area contributed by atoms with Crippen LogP contribution in [0.4, 0.5) is 0 Å². The van der Waals surface area contributed by atoms with Crippen LogP contribution < -0.4 is 29.6 Å². The molecule has 0 bridgehead atoms. The maximum absolute atomic E-state index is 13.0. The summed E-state index contributed by atoms with van der Waals surface area (Å²) in [6.45, 7) is 11.5. The van der Waals surface area contributed by atoms with E-state index in [1.54, 1.807) is 12.1 Å². The normalized spacial score (nSPS) is 19.9. The van der Waals surface area contributed by atoms with Gasteiger partial charge >= 0.3 is 29.6 Å². The zero-order chi connectivity index (χ0) is 26.4. The van der Waals surface area contributed by atoms with Crippen LogP contribution in [0.3, 0.4) is 0 Å². The van der Waals surface area contributed by atoms with Gasteiger partial charge in [0.05, 0.1) is 14.2 Å². The van der Waals surface area contributed by atoms with E-state index in [2.05, 4.69) is 31.9 Å². The monoisotopic (exact) mass is 646 g/mol. The number of carbonyl (C=O) groups is 1. The number of ketones is 1. The van der Waals surface area contributed by atoms with E-state index < -0.39 is 14.9 Å². The number of hydrogen-bond donors (Lipinski definition) is 1. The van der Waals surface area contributed by atoms with Gasteiger partial charge in [0.2, 0.25) is 0 Å². The molecule has 9 heteroatoms. The SMILES string of the molecule is Cc1c(C(=C2C=C(C(C)C)C(=O)C(Br)C2C)c2ccccc2S(=O)(=O)[O-])cc(C(C)C)c(O)c1Br.[Na+]. The third-order valence-corrected chi connectivity index (χ3v) is 9.59. The minimum absolute atomic E-state index is 0. The van der Waals surface area contributed by atoms with Crippen molar-refractivity contribution >= 4 is 53.3 Å². The molecular weight excluding hydrogens is 619 g/mol. The average Bonchev–Trinajstić information content (AvgIpc) is 2.78. The van der Waals surface area contributed by atoms with Crippen molar-refractivity contribution < 1.29 is 52.4 Å². The molecule has 0 heterocycles. The van der Waals surface area contributed by atoms with E-state index in [9.17, 15) is 22.9 Å². The molecule has 2 aromatic carbocycles. The summed E-state index contributed by atoms with van der Waals surface area (Å²) in [7, 11) is -4.80. The predicted molar refractivity (Wildman–Crippen MR) is 145 cm³/mol. The van der Waals surface area contributed by atoms with E-state index in [0.29, 0.717) is 32.3 Å². The Morgan fingerprint density at radius 3 is 2.19 bits per heavy atom. The summed E-state index contributed by atoms with van der Waals surface area (Å²) < 4.78 is 37.5. The van der Waals surface area contributed by atoms with Gasteiger partial charge in [0, 0.05) is 11.5 Å². The molecule has 3 rings (SSSR count). The van der Waals surface area contributed by atoms with Gasteiger partial charge in [-0.05, 0) is 80.2 Å². The Labute approximate surface area is 252 Å². The molecule has 0 aromatic heterocycles. The Balaban J connectivity index is 0.00000456. The van der Waals surface area contributed by atoms with Crippen molar-refractivity contribution in [3.05, 3.63) is 74.3 Å². The van der Waals surface area contributed by atoms with Gasteiger partial charge in [-0.1, -0.05) is 74.8 Å². The number of alkyl halides is 1. The number of benzene rings is 2. The average molecular weight is 648 g/mol. The van der Waals surface area contributed by atoms with E-state index in [1.165, 1.54) is 12.1 Å². The number of phenolic OH excluding ortho intramolecular Hbond substituents is 1. The molecule has 1 N–H and O–H groups in total. The molecule has 36 heavy (non-hydrogen) atoms. The molecule has 1 aliphatic carbocycles. The maximum Gasteiger partial charge on any atom is 1.00 e. The summed E-state index contributed by atoms with van der Waals surface area (Å²) in [6.07, 6.45) is 1.84. The Bertz CT molecular complexity index is 1360. The van der Waals surface area contributed by atoms with Crippen LogP contribution in [-0.4, -0.2) is 28.7 Å². The number of hydrogen-bond acceptors (Lipinski definition) is 5. The first-order valence-electron chi connectivity index (χ1n) is 11.4. The minimum Gasteiger partial charge on any atom is -0.744 e. The van der Waals surface area contributed by atoms with E-state index in [-0.39, 0.29) is 69.3 Å². The molecular formula is C27H29Br2NaO5S. The Hall–Kier alpha value is -0.740. The number of phenols is 1. The van der Waals surface area contributed by atoms with Gasteiger partial charge in [0.15, 0.2) is 5.78 Å². The van der Waals surface area contributed by atoms with Gasteiger partial charge < -0.3 is 9.66 Å². The largest absolute Gasteiger partial charge is 1.00 e. The minimum atomic E-state index is -4.80. The van der Waals surface area contributed by atoms with Crippen LogP contribution in [0.15, 0.2) is 56.9 Å². The molecule has 188 valence electrons. The fraction of sp³-hybridized carbons (Fsp3) is 0.370. The van der Waals surface area contributed by atoms with E-state index in [0.717, 1.165) is 5.57 Å². The van der Waals surface area contributed by atoms with E-state index >= 15 is 0 Å². The summed E-state index contributed by atoms with van der Waals surface area (Å²) in [5.74, 6) is -0.266. The van der Waals surface area contributed by atoms with Crippen molar-refractivity contribution in [2.75, 3.05) is 0 Å². The second kappa shape index (κ2) is 12.0. The van der Waals surface area contributed by atoms with Crippen molar-refractivity contribution in [1.82, 2.24) is 0 Å². The molecule has 0 saturated carbocycles. The van der Waals surface area contributed by atoms with Crippen LogP contribution in [-0.2, 0) is 14.9 Å². The molecule has 1 aliphatic rings. The molecule has 0 aliphatic heterocycles. The molecule has 0 fully saturated rings. The predicted octanol–water partition coefficient (Wildman–Crippen LogP) is 3.86. The van der Waals surface area contributed by atoms with Crippen LogP contribution in [0.5, 0.6) is 5.75 Å². The topological polar surface area (TPSA) is 94.5 Å². The molecule has 5 nitrogen and oxygen atoms in total. The summed E-state index contributed by atoms with van der Waals surface area (Å²) in [4.78, 5) is 12.2. The van der Waals surface area contributed by atoms with Crippen LogP contribution in [0.25, 0.3) is 5.57 Å². The van der Waals surface area contributed by atoms with E-state index in [1.807, 2.05) is 53.7 Å². The number of carbonyl (C=O) groups excluding carboxylic acids is 1. The zero-order valence-corrected chi connectivity index (χ0v) is 27.5. The van der Waals surface area contributed by atoms with Gasteiger partial charge in [-0.15, -0.1) is 0 Å². The van der Waals surface area contributed by atoms with Crippen molar-refractivity contribution in [3.8, 4) is 5.75 Å². The molecule has 0 saturated heterocycles. The standard InChI is InChI=1S/C27H30Br2O5S.Na/c1-13(2)18-11-20(15(5)24(28)26(18)30)23(17-9-7-8-10-22(17)35(32,33)34)21-12-19(14(3)4)27(31)25(29)16(21)6;/h7-15,24,31H,1-6H3,(H,32,33,34);/q;+1/p-1. The van der Waals surface area contributed by atoms with E-state index in [4.69, 9.17) is 0 Å². The fourth-order valence-corrected chi connectivity index (χ4v) is 6.14. The quantitative estimate of drug-likeness (QED) is 0.302. The fourth-order valence-electron chi connectivity index (χ4n) is 4.47. The van der Waals surface area contributed by atoms with Crippen LogP contribution >= 0.6 is 31.9 Å². The van der Waals surface area contributed by atoms with Gasteiger partial charge in [-0.25, -0.2) is 8.42 Å². The maximum atomic E-state index is 13.0.